The monoisotopic (exact) mass is 345 g/mol. The number of hydrogen-bond donors (Lipinski definition) is 0. The Labute approximate surface area is 146 Å². The van der Waals surface area contributed by atoms with Crippen LogP contribution in [-0.2, 0) is 0 Å². The van der Waals surface area contributed by atoms with Crippen molar-refractivity contribution >= 4 is 28.1 Å². The number of piperazine rings is 2. The van der Waals surface area contributed by atoms with E-state index in [9.17, 15) is 0 Å². The van der Waals surface area contributed by atoms with Gasteiger partial charge in [0.15, 0.2) is 5.13 Å². The average Bonchev–Trinajstić information content (AvgIpc) is 3.17. The van der Waals surface area contributed by atoms with Crippen LogP contribution in [0.15, 0.2) is 24.0 Å². The molecule has 0 aliphatic carbocycles. The van der Waals surface area contributed by atoms with Crippen LogP contribution in [-0.4, -0.2) is 79.3 Å². The summed E-state index contributed by atoms with van der Waals surface area (Å²) in [5.74, 6) is 2.09. The third kappa shape index (κ3) is 3.29. The van der Waals surface area contributed by atoms with E-state index in [4.69, 9.17) is 0 Å². The van der Waals surface area contributed by atoms with Gasteiger partial charge in [-0.1, -0.05) is 0 Å². The van der Waals surface area contributed by atoms with Crippen molar-refractivity contribution in [2.75, 3.05) is 74.1 Å². The van der Waals surface area contributed by atoms with E-state index in [2.05, 4.69) is 47.7 Å². The first-order valence-corrected chi connectivity index (χ1v) is 9.32. The Morgan fingerprint density at radius 1 is 0.792 bits per heavy atom. The number of nitrogens with zero attached hydrogens (tertiary/aromatic N) is 7. The normalized spacial score (nSPS) is 19.8. The first-order valence-electron chi connectivity index (χ1n) is 8.44. The van der Waals surface area contributed by atoms with Crippen molar-refractivity contribution in [3.05, 3.63) is 24.0 Å². The Balaban J connectivity index is 1.41. The molecule has 0 spiro atoms. The van der Waals surface area contributed by atoms with Crippen LogP contribution in [0.4, 0.5) is 16.8 Å². The maximum Gasteiger partial charge on any atom is 0.185 e. The lowest BCUT2D eigenvalue weighted by Gasteiger charge is -2.36. The van der Waals surface area contributed by atoms with Gasteiger partial charge >= 0.3 is 0 Å². The van der Waals surface area contributed by atoms with Crippen LogP contribution in [0.25, 0.3) is 0 Å². The molecular weight excluding hydrogens is 322 g/mol. The van der Waals surface area contributed by atoms with Crippen molar-refractivity contribution in [1.82, 2.24) is 19.9 Å². The van der Waals surface area contributed by atoms with Crippen LogP contribution in [0.5, 0.6) is 0 Å². The Kier molecular flexibility index (Phi) is 4.48. The number of anilines is 3. The largest absolute Gasteiger partial charge is 0.354 e. The summed E-state index contributed by atoms with van der Waals surface area (Å²) in [6.45, 7) is 8.16. The Hall–Kier alpha value is -1.93. The number of aromatic nitrogens is 3. The van der Waals surface area contributed by atoms with Gasteiger partial charge in [0.05, 0.1) is 0 Å². The molecule has 0 bridgehead atoms. The van der Waals surface area contributed by atoms with E-state index in [-0.39, 0.29) is 0 Å². The predicted octanol–water partition coefficient (Wildman–Crippen LogP) is 1.01. The highest BCUT2D eigenvalue weighted by molar-refractivity contribution is 7.13. The van der Waals surface area contributed by atoms with Gasteiger partial charge in [-0.3, -0.25) is 0 Å². The number of likely N-dealkylation sites (N-methyl/N-ethyl adjacent to an activating group) is 1. The summed E-state index contributed by atoms with van der Waals surface area (Å²) in [6, 6.07) is 2.14. The molecule has 7 nitrogen and oxygen atoms in total. The molecule has 2 aliphatic rings. The minimum atomic E-state index is 0.971. The smallest absolute Gasteiger partial charge is 0.185 e. The summed E-state index contributed by atoms with van der Waals surface area (Å²) in [7, 11) is 2.17. The molecule has 0 amide bonds. The van der Waals surface area contributed by atoms with Crippen molar-refractivity contribution in [2.45, 2.75) is 0 Å². The van der Waals surface area contributed by atoms with Gasteiger partial charge < -0.3 is 19.6 Å². The maximum absolute atomic E-state index is 4.51. The van der Waals surface area contributed by atoms with Crippen LogP contribution >= 0.6 is 11.3 Å². The first-order chi connectivity index (χ1) is 11.8. The predicted molar refractivity (Wildman–Crippen MR) is 98.3 cm³/mol. The van der Waals surface area contributed by atoms with E-state index < -0.39 is 0 Å². The molecule has 2 aromatic rings. The molecule has 4 heterocycles. The van der Waals surface area contributed by atoms with Crippen molar-refractivity contribution in [3.63, 3.8) is 0 Å². The second-order valence-corrected chi connectivity index (χ2v) is 7.19. The first kappa shape index (κ1) is 15.6. The lowest BCUT2D eigenvalue weighted by molar-refractivity contribution is 0.312. The maximum atomic E-state index is 4.51. The minimum Gasteiger partial charge on any atom is -0.354 e. The van der Waals surface area contributed by atoms with E-state index in [0.717, 1.165) is 69.1 Å². The lowest BCUT2D eigenvalue weighted by Crippen LogP contribution is -2.47. The summed E-state index contributed by atoms with van der Waals surface area (Å²) in [5, 5.41) is 3.16. The minimum absolute atomic E-state index is 0.971. The van der Waals surface area contributed by atoms with Crippen LogP contribution in [0.3, 0.4) is 0 Å². The van der Waals surface area contributed by atoms with Gasteiger partial charge in [-0.2, -0.15) is 0 Å². The van der Waals surface area contributed by atoms with Gasteiger partial charge in [0.2, 0.25) is 0 Å². The van der Waals surface area contributed by atoms with Gasteiger partial charge in [0.25, 0.3) is 0 Å². The molecule has 2 aliphatic heterocycles. The van der Waals surface area contributed by atoms with Gasteiger partial charge in [0.1, 0.15) is 18.0 Å². The van der Waals surface area contributed by atoms with E-state index in [0.29, 0.717) is 0 Å². The fourth-order valence-electron chi connectivity index (χ4n) is 3.22. The molecule has 0 unspecified atom stereocenters. The number of rotatable bonds is 3. The highest BCUT2D eigenvalue weighted by atomic mass is 32.1. The van der Waals surface area contributed by atoms with E-state index in [1.165, 1.54) is 0 Å². The number of hydrogen-bond acceptors (Lipinski definition) is 8. The molecule has 0 aromatic carbocycles. The highest BCUT2D eigenvalue weighted by Crippen LogP contribution is 2.23. The molecule has 2 saturated heterocycles. The van der Waals surface area contributed by atoms with E-state index >= 15 is 0 Å². The third-order valence-corrected chi connectivity index (χ3v) is 5.59. The summed E-state index contributed by atoms with van der Waals surface area (Å²) >= 11 is 1.71. The van der Waals surface area contributed by atoms with Gasteiger partial charge in [-0.15, -0.1) is 11.3 Å². The van der Waals surface area contributed by atoms with Crippen molar-refractivity contribution in [3.8, 4) is 0 Å². The van der Waals surface area contributed by atoms with Gasteiger partial charge in [0, 0.05) is 70.0 Å². The molecule has 24 heavy (non-hydrogen) atoms. The second kappa shape index (κ2) is 6.90. The molecule has 2 fully saturated rings. The van der Waals surface area contributed by atoms with Crippen LogP contribution in [0.1, 0.15) is 0 Å². The Morgan fingerprint density at radius 2 is 1.38 bits per heavy atom. The van der Waals surface area contributed by atoms with E-state index in [1.54, 1.807) is 17.7 Å². The molecule has 4 rings (SSSR count). The second-order valence-electron chi connectivity index (χ2n) is 6.31. The molecule has 0 N–H and O–H groups in total. The van der Waals surface area contributed by atoms with Crippen LogP contribution < -0.4 is 14.7 Å². The lowest BCUT2D eigenvalue weighted by atomic mass is 10.3. The quantitative estimate of drug-likeness (QED) is 0.823. The third-order valence-electron chi connectivity index (χ3n) is 4.76. The van der Waals surface area contributed by atoms with Crippen LogP contribution in [0, 0.1) is 0 Å². The zero-order valence-corrected chi connectivity index (χ0v) is 14.8. The zero-order chi connectivity index (χ0) is 16.4. The van der Waals surface area contributed by atoms with E-state index in [1.807, 2.05) is 11.6 Å². The fourth-order valence-corrected chi connectivity index (χ4v) is 3.91. The molecule has 2 aromatic heterocycles. The standard InChI is InChI=1S/C16H23N7S/c1-20-3-5-21(6-4-20)14-12-15(19-13-18-14)22-7-9-23(10-8-22)16-17-2-11-24-16/h2,11-13H,3-10H2,1H3. The van der Waals surface area contributed by atoms with Crippen LogP contribution in [0.2, 0.25) is 0 Å². The van der Waals surface area contributed by atoms with Gasteiger partial charge in [-0.25, -0.2) is 15.0 Å². The highest BCUT2D eigenvalue weighted by Gasteiger charge is 2.21. The summed E-state index contributed by atoms with van der Waals surface area (Å²) < 4.78 is 0. The topological polar surface area (TPSA) is 51.6 Å². The summed E-state index contributed by atoms with van der Waals surface area (Å²) in [5.41, 5.74) is 0. The molecule has 0 saturated carbocycles. The molecule has 128 valence electrons. The fraction of sp³-hybridized carbons (Fsp3) is 0.562. The van der Waals surface area contributed by atoms with Crippen molar-refractivity contribution in [2.24, 2.45) is 0 Å². The molecule has 0 atom stereocenters. The number of thiazole rings is 1. The zero-order valence-electron chi connectivity index (χ0n) is 14.0. The average molecular weight is 345 g/mol. The Bertz CT molecular complexity index is 646. The summed E-state index contributed by atoms with van der Waals surface area (Å²) in [6.07, 6.45) is 3.58. The van der Waals surface area contributed by atoms with Crippen molar-refractivity contribution < 1.29 is 0 Å². The molecular formula is C16H23N7S. The molecule has 0 radical (unpaired) electrons. The molecule has 8 heteroatoms. The Morgan fingerprint density at radius 3 is 1.96 bits per heavy atom. The van der Waals surface area contributed by atoms with Crippen molar-refractivity contribution in [1.29, 1.82) is 0 Å². The SMILES string of the molecule is CN1CCN(c2cc(N3CCN(c4nccs4)CC3)ncn2)CC1. The van der Waals surface area contributed by atoms with Gasteiger partial charge in [-0.05, 0) is 7.05 Å². The summed E-state index contributed by atoms with van der Waals surface area (Å²) in [4.78, 5) is 22.8.